The summed E-state index contributed by atoms with van der Waals surface area (Å²) in [5.41, 5.74) is 0.863. The second-order valence-corrected chi connectivity index (χ2v) is 8.77. The molecule has 3 rings (SSSR count). The molecule has 1 aliphatic heterocycles. The Balaban J connectivity index is 1.85. The molecule has 0 radical (unpaired) electrons. The number of ether oxygens (including phenoxy) is 2. The van der Waals surface area contributed by atoms with E-state index in [0.29, 0.717) is 36.2 Å². The van der Waals surface area contributed by atoms with Crippen LogP contribution < -0.4 is 14.2 Å². The summed E-state index contributed by atoms with van der Waals surface area (Å²) < 4.78 is 39.7. The van der Waals surface area contributed by atoms with Gasteiger partial charge in [-0.05, 0) is 56.9 Å². The van der Waals surface area contributed by atoms with Crippen molar-refractivity contribution in [3.8, 4) is 11.5 Å². The Morgan fingerprint density at radius 3 is 2.41 bits per heavy atom. The molecule has 1 N–H and O–H groups in total. The SMILES string of the molecule is CN(C)CCC(NS(=O)(=O)c1ccc2c(c1)OCCO2)c1ccc(Cl)cc1. The van der Waals surface area contributed by atoms with Gasteiger partial charge in [0.05, 0.1) is 4.90 Å². The third-order valence-corrected chi connectivity index (χ3v) is 5.98. The Morgan fingerprint density at radius 1 is 1.07 bits per heavy atom. The van der Waals surface area contributed by atoms with E-state index in [-0.39, 0.29) is 10.9 Å². The molecule has 0 bridgehead atoms. The normalized spacial score (nSPS) is 15.0. The lowest BCUT2D eigenvalue weighted by Gasteiger charge is -2.22. The van der Waals surface area contributed by atoms with Gasteiger partial charge in [0.1, 0.15) is 13.2 Å². The van der Waals surface area contributed by atoms with E-state index >= 15 is 0 Å². The summed E-state index contributed by atoms with van der Waals surface area (Å²) in [4.78, 5) is 2.16. The van der Waals surface area contributed by atoms with E-state index in [1.54, 1.807) is 18.2 Å². The monoisotopic (exact) mass is 410 g/mol. The fourth-order valence-electron chi connectivity index (χ4n) is 2.82. The fraction of sp³-hybridized carbons (Fsp3) is 0.368. The summed E-state index contributed by atoms with van der Waals surface area (Å²) in [6, 6.07) is 11.5. The van der Waals surface area contributed by atoms with E-state index in [4.69, 9.17) is 21.1 Å². The smallest absolute Gasteiger partial charge is 0.241 e. The number of nitrogens with zero attached hydrogens (tertiary/aromatic N) is 1. The topological polar surface area (TPSA) is 67.9 Å². The van der Waals surface area contributed by atoms with Crippen molar-refractivity contribution < 1.29 is 17.9 Å². The summed E-state index contributed by atoms with van der Waals surface area (Å²) in [5, 5.41) is 0.611. The van der Waals surface area contributed by atoms with Crippen LogP contribution in [0.4, 0.5) is 0 Å². The largest absolute Gasteiger partial charge is 0.486 e. The number of benzene rings is 2. The van der Waals surface area contributed by atoms with Crippen molar-refractivity contribution in [3.63, 3.8) is 0 Å². The Labute approximate surface area is 165 Å². The van der Waals surface area contributed by atoms with Gasteiger partial charge in [-0.3, -0.25) is 0 Å². The van der Waals surface area contributed by atoms with Crippen molar-refractivity contribution in [2.75, 3.05) is 33.9 Å². The molecule has 146 valence electrons. The average Bonchev–Trinajstić information content (AvgIpc) is 2.65. The minimum atomic E-state index is -3.74. The maximum Gasteiger partial charge on any atom is 0.241 e. The zero-order valence-corrected chi connectivity index (χ0v) is 16.9. The van der Waals surface area contributed by atoms with E-state index in [2.05, 4.69) is 4.72 Å². The highest BCUT2D eigenvalue weighted by atomic mass is 35.5. The quantitative estimate of drug-likeness (QED) is 0.759. The Kier molecular flexibility index (Phi) is 6.26. The first-order valence-corrected chi connectivity index (χ1v) is 10.5. The van der Waals surface area contributed by atoms with Gasteiger partial charge in [0.2, 0.25) is 10.0 Å². The molecular formula is C19H23ClN2O4S. The van der Waals surface area contributed by atoms with E-state index in [1.165, 1.54) is 12.1 Å². The van der Waals surface area contributed by atoms with Crippen LogP contribution in [0.15, 0.2) is 47.4 Å². The van der Waals surface area contributed by atoms with Gasteiger partial charge in [-0.1, -0.05) is 23.7 Å². The van der Waals surface area contributed by atoms with Crippen LogP contribution in [0.25, 0.3) is 0 Å². The van der Waals surface area contributed by atoms with E-state index in [9.17, 15) is 8.42 Å². The average molecular weight is 411 g/mol. The number of nitrogens with one attached hydrogen (secondary N) is 1. The third-order valence-electron chi connectivity index (χ3n) is 4.26. The maximum absolute atomic E-state index is 13.0. The Hall–Kier alpha value is -1.80. The first kappa shape index (κ1) is 19.9. The molecule has 0 fully saturated rings. The van der Waals surface area contributed by atoms with Crippen molar-refractivity contribution in [3.05, 3.63) is 53.1 Å². The third kappa shape index (κ3) is 5.13. The van der Waals surface area contributed by atoms with Gasteiger partial charge in [-0.15, -0.1) is 0 Å². The fourth-order valence-corrected chi connectivity index (χ4v) is 4.22. The predicted octanol–water partition coefficient (Wildman–Crippen LogP) is 3.08. The van der Waals surface area contributed by atoms with Crippen molar-refractivity contribution >= 4 is 21.6 Å². The number of rotatable bonds is 7. The lowest BCUT2D eigenvalue weighted by atomic mass is 10.0. The molecule has 1 aliphatic rings. The van der Waals surface area contributed by atoms with Crippen LogP contribution in [0.1, 0.15) is 18.0 Å². The number of halogens is 1. The summed E-state index contributed by atoms with van der Waals surface area (Å²) in [6.07, 6.45) is 0.623. The van der Waals surface area contributed by atoms with Gasteiger partial charge in [0.15, 0.2) is 11.5 Å². The van der Waals surface area contributed by atoms with Crippen molar-refractivity contribution in [2.24, 2.45) is 0 Å². The summed E-state index contributed by atoms with van der Waals surface area (Å²) >= 11 is 5.97. The van der Waals surface area contributed by atoms with Crippen LogP contribution in [-0.4, -0.2) is 47.2 Å². The standard InChI is InChI=1S/C19H23ClN2O4S/c1-22(2)10-9-17(14-3-5-15(20)6-4-14)21-27(23,24)16-7-8-18-19(13-16)26-12-11-25-18/h3-8,13,17,21H,9-12H2,1-2H3. The minimum Gasteiger partial charge on any atom is -0.486 e. The van der Waals surface area contributed by atoms with Crippen molar-refractivity contribution in [1.29, 1.82) is 0 Å². The molecule has 0 aliphatic carbocycles. The first-order chi connectivity index (χ1) is 12.8. The molecule has 0 spiro atoms. The van der Waals surface area contributed by atoms with Crippen LogP contribution in [0.3, 0.4) is 0 Å². The highest BCUT2D eigenvalue weighted by Crippen LogP contribution is 2.33. The summed E-state index contributed by atoms with van der Waals surface area (Å²) in [7, 11) is 0.169. The number of sulfonamides is 1. The van der Waals surface area contributed by atoms with Crippen molar-refractivity contribution in [2.45, 2.75) is 17.4 Å². The molecule has 0 aromatic heterocycles. The molecule has 27 heavy (non-hydrogen) atoms. The lowest BCUT2D eigenvalue weighted by Crippen LogP contribution is -2.31. The zero-order valence-electron chi connectivity index (χ0n) is 15.3. The van der Waals surface area contributed by atoms with Crippen LogP contribution >= 0.6 is 11.6 Å². The molecule has 0 saturated carbocycles. The number of fused-ring (bicyclic) bond motifs is 1. The first-order valence-electron chi connectivity index (χ1n) is 8.67. The Bertz CT molecular complexity index is 885. The van der Waals surface area contributed by atoms with Crippen LogP contribution in [0.5, 0.6) is 11.5 Å². The lowest BCUT2D eigenvalue weighted by molar-refractivity contribution is 0.171. The number of hydrogen-bond donors (Lipinski definition) is 1. The zero-order chi connectivity index (χ0) is 19.4. The number of hydrogen-bond acceptors (Lipinski definition) is 5. The van der Waals surface area contributed by atoms with Gasteiger partial charge < -0.3 is 14.4 Å². The minimum absolute atomic E-state index is 0.149. The second kappa shape index (κ2) is 8.48. The van der Waals surface area contributed by atoms with Crippen LogP contribution in [-0.2, 0) is 10.0 Å². The van der Waals surface area contributed by atoms with Crippen molar-refractivity contribution in [1.82, 2.24) is 9.62 Å². The van der Waals surface area contributed by atoms with E-state index in [0.717, 1.165) is 12.1 Å². The second-order valence-electron chi connectivity index (χ2n) is 6.62. The molecule has 1 unspecified atom stereocenters. The highest BCUT2D eigenvalue weighted by molar-refractivity contribution is 7.89. The van der Waals surface area contributed by atoms with Gasteiger partial charge in [-0.2, -0.15) is 0 Å². The van der Waals surface area contributed by atoms with Crippen LogP contribution in [0.2, 0.25) is 5.02 Å². The van der Waals surface area contributed by atoms with Gasteiger partial charge >= 0.3 is 0 Å². The molecule has 1 heterocycles. The van der Waals surface area contributed by atoms with Crippen LogP contribution in [0, 0.1) is 0 Å². The molecule has 2 aromatic rings. The maximum atomic E-state index is 13.0. The molecule has 1 atom stereocenters. The molecule has 2 aromatic carbocycles. The molecular weight excluding hydrogens is 388 g/mol. The summed E-state index contributed by atoms with van der Waals surface area (Å²) in [6.45, 7) is 1.59. The van der Waals surface area contributed by atoms with Gasteiger partial charge in [0, 0.05) is 17.1 Å². The van der Waals surface area contributed by atoms with Gasteiger partial charge in [0.25, 0.3) is 0 Å². The van der Waals surface area contributed by atoms with E-state index in [1.807, 2.05) is 31.1 Å². The highest BCUT2D eigenvalue weighted by Gasteiger charge is 2.24. The Morgan fingerprint density at radius 2 is 1.74 bits per heavy atom. The van der Waals surface area contributed by atoms with E-state index < -0.39 is 10.0 Å². The molecule has 0 saturated heterocycles. The molecule has 6 nitrogen and oxygen atoms in total. The van der Waals surface area contributed by atoms with Gasteiger partial charge in [-0.25, -0.2) is 13.1 Å². The molecule has 8 heteroatoms. The summed E-state index contributed by atoms with van der Waals surface area (Å²) in [5.74, 6) is 1.00. The molecule has 0 amide bonds. The predicted molar refractivity (Wildman–Crippen MR) is 105 cm³/mol.